The Bertz CT molecular complexity index is 703. The molecule has 0 saturated carbocycles. The third-order valence-corrected chi connectivity index (χ3v) is 5.86. The fourth-order valence-electron chi connectivity index (χ4n) is 3.28. The molecule has 0 spiro atoms. The van der Waals surface area contributed by atoms with Crippen molar-refractivity contribution in [2.75, 3.05) is 37.8 Å². The molecule has 0 aromatic heterocycles. The lowest BCUT2D eigenvalue weighted by molar-refractivity contribution is 0.214. The second kappa shape index (κ2) is 6.49. The molecule has 1 aromatic carbocycles. The Morgan fingerprint density at radius 2 is 1.83 bits per heavy atom. The average molecular weight is 337 g/mol. The number of carbonyl (C=O) groups is 1. The van der Waals surface area contributed by atoms with Crippen LogP contribution in [-0.2, 0) is 22.9 Å². The van der Waals surface area contributed by atoms with Gasteiger partial charge in [-0.3, -0.25) is 0 Å². The molecule has 1 saturated heterocycles. The monoisotopic (exact) mass is 337 g/mol. The number of nitrogens with zero attached hydrogens (tertiary/aromatic N) is 2. The molecule has 1 heterocycles. The van der Waals surface area contributed by atoms with E-state index in [1.54, 1.807) is 4.90 Å². The molecule has 1 fully saturated rings. The molecule has 23 heavy (non-hydrogen) atoms. The first-order chi connectivity index (χ1) is 10.9. The van der Waals surface area contributed by atoms with Crippen LogP contribution in [0.1, 0.15) is 24.0 Å². The Labute approximate surface area is 137 Å². The van der Waals surface area contributed by atoms with Gasteiger partial charge in [-0.15, -0.1) is 0 Å². The van der Waals surface area contributed by atoms with Gasteiger partial charge in [-0.25, -0.2) is 17.5 Å². The molecule has 1 aliphatic carbocycles. The smallest absolute Gasteiger partial charge is 0.321 e. The van der Waals surface area contributed by atoms with Crippen molar-refractivity contribution in [3.8, 4) is 0 Å². The molecule has 0 bridgehead atoms. The van der Waals surface area contributed by atoms with Crippen LogP contribution in [0.5, 0.6) is 0 Å². The van der Waals surface area contributed by atoms with Crippen molar-refractivity contribution in [3.63, 3.8) is 0 Å². The number of sulfonamides is 1. The maximum atomic E-state index is 12.4. The molecule has 7 heteroatoms. The highest BCUT2D eigenvalue weighted by molar-refractivity contribution is 7.88. The van der Waals surface area contributed by atoms with E-state index in [0.717, 1.165) is 18.5 Å². The summed E-state index contributed by atoms with van der Waals surface area (Å²) in [7, 11) is -3.19. The molecule has 126 valence electrons. The van der Waals surface area contributed by atoms with Crippen molar-refractivity contribution in [3.05, 3.63) is 29.3 Å². The summed E-state index contributed by atoms with van der Waals surface area (Å²) >= 11 is 0. The van der Waals surface area contributed by atoms with Gasteiger partial charge in [-0.2, -0.15) is 0 Å². The molecule has 1 N–H and O–H groups in total. The van der Waals surface area contributed by atoms with E-state index >= 15 is 0 Å². The minimum absolute atomic E-state index is 0.154. The van der Waals surface area contributed by atoms with E-state index in [1.807, 2.05) is 6.07 Å². The minimum Gasteiger partial charge on any atom is -0.323 e. The SMILES string of the molecule is CS(=O)(=O)N1CCCN(C(=O)Nc2ccc3c(c2)CCC3)CC1. The molecule has 0 radical (unpaired) electrons. The number of hydrogen-bond donors (Lipinski definition) is 1. The molecule has 6 nitrogen and oxygen atoms in total. The standard InChI is InChI=1S/C16H23N3O3S/c1-23(21,22)19-9-3-8-18(10-11-19)16(20)17-15-7-6-13-4-2-5-14(13)12-15/h6-7,12H,2-5,8-11H2,1H3,(H,17,20). The molecule has 1 aromatic rings. The number of fused-ring (bicyclic) bond motifs is 1. The largest absolute Gasteiger partial charge is 0.323 e. The summed E-state index contributed by atoms with van der Waals surface area (Å²) in [6.07, 6.45) is 5.25. The van der Waals surface area contributed by atoms with Crippen molar-refractivity contribution in [1.82, 2.24) is 9.21 Å². The molecule has 3 rings (SSSR count). The van der Waals surface area contributed by atoms with Gasteiger partial charge < -0.3 is 10.2 Å². The summed E-state index contributed by atoms with van der Waals surface area (Å²) in [6, 6.07) is 5.94. The number of aryl methyl sites for hydroxylation is 2. The zero-order chi connectivity index (χ0) is 16.4. The number of rotatable bonds is 2. The van der Waals surface area contributed by atoms with Crippen molar-refractivity contribution < 1.29 is 13.2 Å². The van der Waals surface area contributed by atoms with Crippen molar-refractivity contribution in [2.24, 2.45) is 0 Å². The van der Waals surface area contributed by atoms with Gasteiger partial charge >= 0.3 is 6.03 Å². The van der Waals surface area contributed by atoms with Gasteiger partial charge in [-0.05, 0) is 48.9 Å². The first-order valence-corrected chi connectivity index (χ1v) is 9.91. The van der Waals surface area contributed by atoms with Crippen molar-refractivity contribution in [2.45, 2.75) is 25.7 Å². The van der Waals surface area contributed by atoms with E-state index in [4.69, 9.17) is 0 Å². The number of anilines is 1. The first kappa shape index (κ1) is 16.3. The maximum Gasteiger partial charge on any atom is 0.321 e. The normalized spacial score (nSPS) is 19.3. The van der Waals surface area contributed by atoms with Crippen LogP contribution in [0.4, 0.5) is 10.5 Å². The Hall–Kier alpha value is -1.60. The van der Waals surface area contributed by atoms with Gasteiger partial charge in [0, 0.05) is 31.9 Å². The summed E-state index contributed by atoms with van der Waals surface area (Å²) in [5, 5.41) is 2.94. The summed E-state index contributed by atoms with van der Waals surface area (Å²) < 4.78 is 24.7. The quantitative estimate of drug-likeness (QED) is 0.892. The molecule has 0 unspecified atom stereocenters. The third-order valence-electron chi connectivity index (χ3n) is 4.56. The van der Waals surface area contributed by atoms with Gasteiger partial charge in [-0.1, -0.05) is 6.07 Å². The number of hydrogen-bond acceptors (Lipinski definition) is 3. The second-order valence-corrected chi connectivity index (χ2v) is 8.25. The zero-order valence-corrected chi connectivity index (χ0v) is 14.2. The van der Waals surface area contributed by atoms with E-state index in [1.165, 1.54) is 28.1 Å². The van der Waals surface area contributed by atoms with E-state index in [9.17, 15) is 13.2 Å². The molecular weight excluding hydrogens is 314 g/mol. The minimum atomic E-state index is -3.19. The Balaban J connectivity index is 1.62. The van der Waals surface area contributed by atoms with E-state index in [-0.39, 0.29) is 6.03 Å². The van der Waals surface area contributed by atoms with Crippen LogP contribution in [0.3, 0.4) is 0 Å². The van der Waals surface area contributed by atoms with Crippen molar-refractivity contribution in [1.29, 1.82) is 0 Å². The van der Waals surface area contributed by atoms with Gasteiger partial charge in [0.1, 0.15) is 0 Å². The van der Waals surface area contributed by atoms with E-state index < -0.39 is 10.0 Å². The van der Waals surface area contributed by atoms with Crippen LogP contribution in [0.25, 0.3) is 0 Å². The summed E-state index contributed by atoms with van der Waals surface area (Å²) in [5.41, 5.74) is 3.52. The summed E-state index contributed by atoms with van der Waals surface area (Å²) in [6.45, 7) is 1.82. The molecule has 0 atom stereocenters. The number of benzene rings is 1. The van der Waals surface area contributed by atoms with Gasteiger partial charge in [0.05, 0.1) is 6.26 Å². The number of amides is 2. The van der Waals surface area contributed by atoms with Gasteiger partial charge in [0.2, 0.25) is 10.0 Å². The molecule has 2 amide bonds. The third kappa shape index (κ3) is 3.84. The number of nitrogens with one attached hydrogen (secondary N) is 1. The fourth-order valence-corrected chi connectivity index (χ4v) is 4.15. The lowest BCUT2D eigenvalue weighted by atomic mass is 10.1. The highest BCUT2D eigenvalue weighted by atomic mass is 32.2. The zero-order valence-electron chi connectivity index (χ0n) is 13.4. The Kier molecular flexibility index (Phi) is 4.59. The molecule has 1 aliphatic heterocycles. The summed E-state index contributed by atoms with van der Waals surface area (Å²) in [4.78, 5) is 14.1. The van der Waals surface area contributed by atoms with Crippen LogP contribution in [0.2, 0.25) is 0 Å². The Morgan fingerprint density at radius 1 is 1.04 bits per heavy atom. The topological polar surface area (TPSA) is 69.7 Å². The van der Waals surface area contributed by atoms with Crippen LogP contribution < -0.4 is 5.32 Å². The lowest BCUT2D eigenvalue weighted by Crippen LogP contribution is -2.39. The van der Waals surface area contributed by atoms with Crippen LogP contribution >= 0.6 is 0 Å². The lowest BCUT2D eigenvalue weighted by Gasteiger charge is -2.21. The van der Waals surface area contributed by atoms with Crippen LogP contribution in [0, 0.1) is 0 Å². The maximum absolute atomic E-state index is 12.4. The van der Waals surface area contributed by atoms with E-state index in [2.05, 4.69) is 17.4 Å². The van der Waals surface area contributed by atoms with E-state index in [0.29, 0.717) is 32.6 Å². The first-order valence-electron chi connectivity index (χ1n) is 8.06. The average Bonchev–Trinajstić information content (AvgIpc) is 2.79. The van der Waals surface area contributed by atoms with Crippen LogP contribution in [-0.4, -0.2) is 56.1 Å². The highest BCUT2D eigenvalue weighted by Crippen LogP contribution is 2.25. The number of urea groups is 1. The predicted molar refractivity (Wildman–Crippen MR) is 90.1 cm³/mol. The molecule has 2 aliphatic rings. The predicted octanol–water partition coefficient (Wildman–Crippen LogP) is 1.67. The fraction of sp³-hybridized carbons (Fsp3) is 0.562. The van der Waals surface area contributed by atoms with Crippen molar-refractivity contribution >= 4 is 21.7 Å². The van der Waals surface area contributed by atoms with Gasteiger partial charge in [0.15, 0.2) is 0 Å². The van der Waals surface area contributed by atoms with Gasteiger partial charge in [0.25, 0.3) is 0 Å². The number of carbonyl (C=O) groups excluding carboxylic acids is 1. The second-order valence-electron chi connectivity index (χ2n) is 6.27. The van der Waals surface area contributed by atoms with Crippen LogP contribution in [0.15, 0.2) is 18.2 Å². The summed E-state index contributed by atoms with van der Waals surface area (Å²) in [5.74, 6) is 0. The Morgan fingerprint density at radius 3 is 2.61 bits per heavy atom. The molecular formula is C16H23N3O3S. The highest BCUT2D eigenvalue weighted by Gasteiger charge is 2.24.